The average molecular weight is 262 g/mol. The molecule has 3 heterocycles. The van der Waals surface area contributed by atoms with E-state index in [0.29, 0.717) is 17.9 Å². The van der Waals surface area contributed by atoms with E-state index in [4.69, 9.17) is 5.73 Å². The van der Waals surface area contributed by atoms with Crippen LogP contribution >= 0.6 is 0 Å². The topological polar surface area (TPSA) is 64.9 Å². The third-order valence-corrected chi connectivity index (χ3v) is 4.26. The van der Waals surface area contributed by atoms with Crippen molar-refractivity contribution < 1.29 is 0 Å². The van der Waals surface area contributed by atoms with Crippen LogP contribution in [0, 0.1) is 12.8 Å². The number of piperidine rings is 1. The van der Waals surface area contributed by atoms with Crippen LogP contribution < -0.4 is 5.73 Å². The van der Waals surface area contributed by atoms with Crippen LogP contribution in [0.15, 0.2) is 0 Å². The number of rotatable bonds is 1. The summed E-state index contributed by atoms with van der Waals surface area (Å²) in [4.78, 5) is 6.88. The Morgan fingerprint density at radius 3 is 2.74 bits per heavy atom. The number of fused-ring (bicyclic) bond motifs is 1. The standard InChI is InChI=1S/C13H22N6/c1-8-7-17(3)6-5-10(8)19-12-11(15-13(19)14)9(2)16-18(12)4/h8,10H,5-7H2,1-4H3,(H2,14,15). The molecule has 0 spiro atoms. The van der Waals surface area contributed by atoms with Crippen LogP contribution in [0.1, 0.15) is 25.1 Å². The number of aryl methyl sites for hydroxylation is 2. The van der Waals surface area contributed by atoms with Crippen molar-refractivity contribution in [3.63, 3.8) is 0 Å². The molecule has 19 heavy (non-hydrogen) atoms. The number of nitrogens with two attached hydrogens (primary N) is 1. The molecule has 1 saturated heterocycles. The summed E-state index contributed by atoms with van der Waals surface area (Å²) >= 11 is 0. The number of hydrogen-bond donors (Lipinski definition) is 1. The third-order valence-electron chi connectivity index (χ3n) is 4.26. The lowest BCUT2D eigenvalue weighted by Crippen LogP contribution is -2.38. The number of nitrogen functional groups attached to an aromatic ring is 1. The van der Waals surface area contributed by atoms with Gasteiger partial charge in [0.1, 0.15) is 5.52 Å². The fourth-order valence-corrected chi connectivity index (χ4v) is 3.36. The van der Waals surface area contributed by atoms with Crippen molar-refractivity contribution in [1.29, 1.82) is 0 Å². The highest BCUT2D eigenvalue weighted by Gasteiger charge is 2.30. The Kier molecular flexibility index (Phi) is 2.78. The molecule has 1 aliphatic rings. The second-order valence-corrected chi connectivity index (χ2v) is 5.82. The largest absolute Gasteiger partial charge is 0.369 e. The van der Waals surface area contributed by atoms with E-state index in [9.17, 15) is 0 Å². The number of nitrogens with zero attached hydrogens (tertiary/aromatic N) is 5. The average Bonchev–Trinajstić information content (AvgIpc) is 2.79. The minimum Gasteiger partial charge on any atom is -0.369 e. The lowest BCUT2D eigenvalue weighted by atomic mass is 9.94. The molecule has 0 aromatic carbocycles. The molecule has 1 aliphatic heterocycles. The second kappa shape index (κ2) is 4.23. The molecule has 0 radical (unpaired) electrons. The molecule has 2 aromatic heterocycles. The zero-order chi connectivity index (χ0) is 13.7. The molecule has 6 nitrogen and oxygen atoms in total. The van der Waals surface area contributed by atoms with Crippen molar-refractivity contribution in [2.24, 2.45) is 13.0 Å². The fraction of sp³-hybridized carbons (Fsp3) is 0.692. The summed E-state index contributed by atoms with van der Waals surface area (Å²) < 4.78 is 4.09. The van der Waals surface area contributed by atoms with Crippen molar-refractivity contribution in [3.8, 4) is 0 Å². The Morgan fingerprint density at radius 1 is 1.32 bits per heavy atom. The zero-order valence-corrected chi connectivity index (χ0v) is 12.1. The molecule has 2 N–H and O–H groups in total. The van der Waals surface area contributed by atoms with Gasteiger partial charge in [0.05, 0.1) is 5.69 Å². The van der Waals surface area contributed by atoms with E-state index in [-0.39, 0.29) is 0 Å². The zero-order valence-electron chi connectivity index (χ0n) is 12.1. The number of anilines is 1. The molecule has 2 aromatic rings. The van der Waals surface area contributed by atoms with E-state index >= 15 is 0 Å². The van der Waals surface area contributed by atoms with Gasteiger partial charge in [0.25, 0.3) is 0 Å². The Hall–Kier alpha value is -1.56. The lowest BCUT2D eigenvalue weighted by molar-refractivity contribution is 0.162. The monoisotopic (exact) mass is 262 g/mol. The van der Waals surface area contributed by atoms with E-state index in [1.807, 2.05) is 18.7 Å². The van der Waals surface area contributed by atoms with Crippen LogP contribution in [0.2, 0.25) is 0 Å². The van der Waals surface area contributed by atoms with Gasteiger partial charge in [-0.05, 0) is 32.9 Å². The molecule has 104 valence electrons. The van der Waals surface area contributed by atoms with Crippen LogP contribution in [0.4, 0.5) is 5.95 Å². The molecule has 2 atom stereocenters. The smallest absolute Gasteiger partial charge is 0.202 e. The SMILES string of the molecule is Cc1nn(C)c2c1nc(N)n2C1CCN(C)CC1C. The summed E-state index contributed by atoms with van der Waals surface area (Å²) in [5.41, 5.74) is 9.10. The Bertz CT molecular complexity index is 610. The van der Waals surface area contributed by atoms with Gasteiger partial charge in [0, 0.05) is 19.6 Å². The maximum atomic E-state index is 6.16. The first-order valence-electron chi connectivity index (χ1n) is 6.84. The second-order valence-electron chi connectivity index (χ2n) is 5.82. The van der Waals surface area contributed by atoms with E-state index in [2.05, 4.69) is 33.5 Å². The van der Waals surface area contributed by atoms with E-state index < -0.39 is 0 Å². The Balaban J connectivity index is 2.11. The van der Waals surface area contributed by atoms with Crippen LogP contribution in [0.3, 0.4) is 0 Å². The van der Waals surface area contributed by atoms with Gasteiger partial charge in [0.2, 0.25) is 5.95 Å². The maximum absolute atomic E-state index is 6.16. The van der Waals surface area contributed by atoms with Crippen LogP contribution in [-0.2, 0) is 7.05 Å². The van der Waals surface area contributed by atoms with Gasteiger partial charge in [-0.15, -0.1) is 0 Å². The summed E-state index contributed by atoms with van der Waals surface area (Å²) in [6.07, 6.45) is 1.11. The van der Waals surface area contributed by atoms with Gasteiger partial charge in [-0.3, -0.25) is 9.25 Å². The van der Waals surface area contributed by atoms with Crippen LogP contribution in [-0.4, -0.2) is 44.4 Å². The predicted molar refractivity (Wildman–Crippen MR) is 76.0 cm³/mol. The molecule has 0 amide bonds. The van der Waals surface area contributed by atoms with Crippen molar-refractivity contribution in [2.75, 3.05) is 25.9 Å². The first-order chi connectivity index (χ1) is 8.99. The minimum absolute atomic E-state index is 0.413. The molecule has 0 aliphatic carbocycles. The van der Waals surface area contributed by atoms with Gasteiger partial charge in [-0.1, -0.05) is 6.92 Å². The highest BCUT2D eigenvalue weighted by atomic mass is 15.4. The van der Waals surface area contributed by atoms with Gasteiger partial charge in [-0.2, -0.15) is 5.10 Å². The summed E-state index contributed by atoms with van der Waals surface area (Å²) in [5.74, 6) is 1.18. The summed E-state index contributed by atoms with van der Waals surface area (Å²) in [7, 11) is 4.14. The summed E-state index contributed by atoms with van der Waals surface area (Å²) in [6.45, 7) is 6.47. The Labute approximate surface area is 113 Å². The maximum Gasteiger partial charge on any atom is 0.202 e. The van der Waals surface area contributed by atoms with Crippen LogP contribution in [0.25, 0.3) is 11.2 Å². The van der Waals surface area contributed by atoms with Crippen molar-refractivity contribution >= 4 is 17.1 Å². The first kappa shape index (κ1) is 12.5. The molecule has 0 saturated carbocycles. The van der Waals surface area contributed by atoms with Crippen molar-refractivity contribution in [2.45, 2.75) is 26.3 Å². The number of likely N-dealkylation sites (tertiary alicyclic amines) is 1. The lowest BCUT2D eigenvalue weighted by Gasteiger charge is -2.36. The molecule has 0 bridgehead atoms. The van der Waals surface area contributed by atoms with Gasteiger partial charge in [0.15, 0.2) is 5.65 Å². The van der Waals surface area contributed by atoms with Crippen molar-refractivity contribution in [1.82, 2.24) is 24.2 Å². The highest BCUT2D eigenvalue weighted by molar-refractivity contribution is 5.77. The predicted octanol–water partition coefficient (Wildman–Crippen LogP) is 1.17. The quantitative estimate of drug-likeness (QED) is 0.838. The van der Waals surface area contributed by atoms with Crippen molar-refractivity contribution in [3.05, 3.63) is 5.69 Å². The molecule has 6 heteroatoms. The molecule has 2 unspecified atom stereocenters. The first-order valence-corrected chi connectivity index (χ1v) is 6.84. The Morgan fingerprint density at radius 2 is 2.05 bits per heavy atom. The van der Waals surface area contributed by atoms with Gasteiger partial charge < -0.3 is 10.6 Å². The van der Waals surface area contributed by atoms with E-state index in [0.717, 1.165) is 36.4 Å². The molecule has 3 rings (SSSR count). The molecule has 1 fully saturated rings. The number of imidazole rings is 1. The molecular formula is C13H22N6. The van der Waals surface area contributed by atoms with E-state index in [1.165, 1.54) is 0 Å². The highest BCUT2D eigenvalue weighted by Crippen LogP contribution is 2.33. The number of hydrogen-bond acceptors (Lipinski definition) is 4. The van der Waals surface area contributed by atoms with E-state index in [1.54, 1.807) is 0 Å². The minimum atomic E-state index is 0.413. The fourth-order valence-electron chi connectivity index (χ4n) is 3.36. The summed E-state index contributed by atoms with van der Waals surface area (Å²) in [5, 5.41) is 4.45. The third kappa shape index (κ3) is 1.82. The van der Waals surface area contributed by atoms with Gasteiger partial charge >= 0.3 is 0 Å². The number of aromatic nitrogens is 4. The van der Waals surface area contributed by atoms with Gasteiger partial charge in [-0.25, -0.2) is 4.98 Å². The van der Waals surface area contributed by atoms with Crippen LogP contribution in [0.5, 0.6) is 0 Å². The normalized spacial score (nSPS) is 25.3. The molecular weight excluding hydrogens is 240 g/mol. The summed E-state index contributed by atoms with van der Waals surface area (Å²) in [6, 6.07) is 0.413.